The van der Waals surface area contributed by atoms with Crippen molar-refractivity contribution in [3.8, 4) is 0 Å². The van der Waals surface area contributed by atoms with Gasteiger partial charge in [-0.05, 0) is 38.0 Å². The molecule has 0 fully saturated rings. The Morgan fingerprint density at radius 2 is 1.80 bits per heavy atom. The van der Waals surface area contributed by atoms with Gasteiger partial charge in [-0.3, -0.25) is 4.90 Å². The van der Waals surface area contributed by atoms with Crippen LogP contribution >= 0.6 is 12.6 Å². The Kier molecular flexibility index (Phi) is 11.0. The van der Waals surface area contributed by atoms with Crippen LogP contribution in [0, 0.1) is 0 Å². The molecule has 0 spiro atoms. The van der Waals surface area contributed by atoms with Gasteiger partial charge in [0.2, 0.25) is 0 Å². The highest BCUT2D eigenvalue weighted by atomic mass is 32.1. The van der Waals surface area contributed by atoms with E-state index in [2.05, 4.69) is 31.4 Å². The van der Waals surface area contributed by atoms with Crippen molar-refractivity contribution in [2.24, 2.45) is 0 Å². The van der Waals surface area contributed by atoms with Crippen LogP contribution < -0.4 is 0 Å². The van der Waals surface area contributed by atoms with Gasteiger partial charge in [-0.1, -0.05) is 13.8 Å². The molecule has 3 heteroatoms. The largest absolute Gasteiger partial charge is 0.383 e. The summed E-state index contributed by atoms with van der Waals surface area (Å²) in [5, 5.41) is 0. The summed E-state index contributed by atoms with van der Waals surface area (Å²) in [5.41, 5.74) is 0. The van der Waals surface area contributed by atoms with Gasteiger partial charge in [-0.2, -0.15) is 12.6 Å². The fourth-order valence-corrected chi connectivity index (χ4v) is 2.14. The Labute approximate surface area is 101 Å². The SMILES string of the molecule is CCC(CC)N(CCCCS)CCOC. The molecule has 92 valence electrons. The predicted molar refractivity (Wildman–Crippen MR) is 70.9 cm³/mol. The molecule has 0 bridgehead atoms. The molecule has 0 aliphatic rings. The minimum atomic E-state index is 0.722. The first-order valence-electron chi connectivity index (χ1n) is 6.13. The van der Waals surface area contributed by atoms with E-state index in [9.17, 15) is 0 Å². The van der Waals surface area contributed by atoms with Crippen LogP contribution in [0.15, 0.2) is 0 Å². The third-order valence-corrected chi connectivity index (χ3v) is 3.21. The van der Waals surface area contributed by atoms with Crippen LogP contribution in [0.5, 0.6) is 0 Å². The van der Waals surface area contributed by atoms with E-state index in [1.807, 2.05) is 0 Å². The number of nitrogens with zero attached hydrogens (tertiary/aromatic N) is 1. The minimum Gasteiger partial charge on any atom is -0.383 e. The van der Waals surface area contributed by atoms with Crippen LogP contribution in [0.4, 0.5) is 0 Å². The normalized spacial score (nSPS) is 11.6. The first kappa shape index (κ1) is 15.3. The highest BCUT2D eigenvalue weighted by molar-refractivity contribution is 7.80. The zero-order valence-electron chi connectivity index (χ0n) is 10.5. The van der Waals surface area contributed by atoms with Crippen LogP contribution in [0.25, 0.3) is 0 Å². The van der Waals surface area contributed by atoms with Crippen molar-refractivity contribution in [2.75, 3.05) is 32.6 Å². The van der Waals surface area contributed by atoms with Crippen LogP contribution in [0.3, 0.4) is 0 Å². The van der Waals surface area contributed by atoms with E-state index < -0.39 is 0 Å². The molecule has 15 heavy (non-hydrogen) atoms. The second kappa shape index (κ2) is 10.8. The van der Waals surface area contributed by atoms with Crippen molar-refractivity contribution in [1.82, 2.24) is 4.90 Å². The fraction of sp³-hybridized carbons (Fsp3) is 1.00. The molecular formula is C12H27NOS. The van der Waals surface area contributed by atoms with Crippen molar-refractivity contribution < 1.29 is 4.74 Å². The average molecular weight is 233 g/mol. The second-order valence-electron chi connectivity index (χ2n) is 3.93. The molecule has 0 heterocycles. The molecular weight excluding hydrogens is 206 g/mol. The maximum absolute atomic E-state index is 5.16. The van der Waals surface area contributed by atoms with Gasteiger partial charge in [0, 0.05) is 19.7 Å². The third kappa shape index (κ3) is 7.20. The highest BCUT2D eigenvalue weighted by Crippen LogP contribution is 2.09. The summed E-state index contributed by atoms with van der Waals surface area (Å²) in [6.45, 7) is 7.64. The van der Waals surface area contributed by atoms with E-state index in [1.54, 1.807) is 7.11 Å². The number of thiol groups is 1. The van der Waals surface area contributed by atoms with E-state index in [-0.39, 0.29) is 0 Å². The quantitative estimate of drug-likeness (QED) is 0.460. The lowest BCUT2D eigenvalue weighted by atomic mass is 10.1. The van der Waals surface area contributed by atoms with Crippen molar-refractivity contribution in [3.05, 3.63) is 0 Å². The summed E-state index contributed by atoms with van der Waals surface area (Å²) in [6, 6.07) is 0.722. The Hall–Kier alpha value is 0.270. The Bertz CT molecular complexity index is 129. The fourth-order valence-electron chi connectivity index (χ4n) is 1.92. The molecule has 0 saturated carbocycles. The zero-order valence-corrected chi connectivity index (χ0v) is 11.4. The Morgan fingerprint density at radius 3 is 2.27 bits per heavy atom. The number of ether oxygens (including phenoxy) is 1. The first-order chi connectivity index (χ1) is 7.29. The van der Waals surface area contributed by atoms with Gasteiger partial charge in [0.25, 0.3) is 0 Å². The van der Waals surface area contributed by atoms with Crippen LogP contribution in [-0.2, 0) is 4.74 Å². The minimum absolute atomic E-state index is 0.722. The monoisotopic (exact) mass is 233 g/mol. The molecule has 0 rings (SSSR count). The molecule has 0 aromatic carbocycles. The molecule has 0 aliphatic carbocycles. The van der Waals surface area contributed by atoms with Crippen molar-refractivity contribution in [2.45, 2.75) is 45.6 Å². The van der Waals surface area contributed by atoms with Gasteiger partial charge >= 0.3 is 0 Å². The molecule has 2 nitrogen and oxygen atoms in total. The summed E-state index contributed by atoms with van der Waals surface area (Å²) in [7, 11) is 1.78. The van der Waals surface area contributed by atoms with E-state index in [1.165, 1.54) is 32.2 Å². The van der Waals surface area contributed by atoms with Gasteiger partial charge in [0.05, 0.1) is 6.61 Å². The molecule has 0 unspecified atom stereocenters. The van der Waals surface area contributed by atoms with Gasteiger partial charge in [0.1, 0.15) is 0 Å². The second-order valence-corrected chi connectivity index (χ2v) is 4.38. The van der Waals surface area contributed by atoms with Crippen LogP contribution in [0.2, 0.25) is 0 Å². The maximum Gasteiger partial charge on any atom is 0.0589 e. The molecule has 0 aromatic heterocycles. The van der Waals surface area contributed by atoms with Gasteiger partial charge < -0.3 is 4.74 Å². The Morgan fingerprint density at radius 1 is 1.13 bits per heavy atom. The van der Waals surface area contributed by atoms with E-state index >= 15 is 0 Å². The standard InChI is InChI=1S/C12H27NOS/c1-4-12(5-2)13(9-10-14-3)8-6-7-11-15/h12,15H,4-11H2,1-3H3. The van der Waals surface area contributed by atoms with E-state index in [0.29, 0.717) is 0 Å². The smallest absolute Gasteiger partial charge is 0.0589 e. The first-order valence-corrected chi connectivity index (χ1v) is 6.77. The summed E-state index contributed by atoms with van der Waals surface area (Å²) >= 11 is 4.25. The molecule has 0 atom stereocenters. The van der Waals surface area contributed by atoms with Crippen molar-refractivity contribution in [3.63, 3.8) is 0 Å². The van der Waals surface area contributed by atoms with E-state index in [0.717, 1.165) is 24.9 Å². The highest BCUT2D eigenvalue weighted by Gasteiger charge is 2.13. The average Bonchev–Trinajstić information content (AvgIpc) is 2.26. The number of rotatable bonds is 10. The predicted octanol–water partition coefficient (Wildman–Crippen LogP) is 2.83. The molecule has 0 N–H and O–H groups in total. The van der Waals surface area contributed by atoms with Crippen LogP contribution in [0.1, 0.15) is 39.5 Å². The molecule has 0 saturated heterocycles. The Balaban J connectivity index is 3.91. The number of hydrogen-bond acceptors (Lipinski definition) is 3. The topological polar surface area (TPSA) is 12.5 Å². The zero-order chi connectivity index (χ0) is 11.5. The summed E-state index contributed by atoms with van der Waals surface area (Å²) in [5.74, 6) is 1.00. The van der Waals surface area contributed by atoms with Crippen molar-refractivity contribution >= 4 is 12.6 Å². The summed E-state index contributed by atoms with van der Waals surface area (Å²) in [4.78, 5) is 2.56. The summed E-state index contributed by atoms with van der Waals surface area (Å²) in [6.07, 6.45) is 4.94. The van der Waals surface area contributed by atoms with Gasteiger partial charge in [0.15, 0.2) is 0 Å². The molecule has 0 radical (unpaired) electrons. The van der Waals surface area contributed by atoms with E-state index in [4.69, 9.17) is 4.74 Å². The number of hydrogen-bond donors (Lipinski definition) is 1. The van der Waals surface area contributed by atoms with Gasteiger partial charge in [-0.15, -0.1) is 0 Å². The maximum atomic E-state index is 5.16. The third-order valence-electron chi connectivity index (χ3n) is 2.89. The lowest BCUT2D eigenvalue weighted by molar-refractivity contribution is 0.114. The molecule has 0 aliphatic heterocycles. The number of methoxy groups -OCH3 is 1. The molecule has 0 aromatic rings. The molecule has 0 amide bonds. The lowest BCUT2D eigenvalue weighted by Crippen LogP contribution is -2.37. The van der Waals surface area contributed by atoms with Crippen LogP contribution in [-0.4, -0.2) is 43.5 Å². The lowest BCUT2D eigenvalue weighted by Gasteiger charge is -2.30. The summed E-state index contributed by atoms with van der Waals surface area (Å²) < 4.78 is 5.16. The number of unbranched alkanes of at least 4 members (excludes halogenated alkanes) is 1. The van der Waals surface area contributed by atoms with Gasteiger partial charge in [-0.25, -0.2) is 0 Å². The van der Waals surface area contributed by atoms with Crippen molar-refractivity contribution in [1.29, 1.82) is 0 Å².